The standard InChI is InChI=1S/C22H18N4/c1-2-4-16-15(3-1)21-17-12-24-26-18(17)7-8-19(21)25-22(16)14-6-5-13-9-10-23-20(13)11-14/h5-8,10-12H,1-4,9H2,(H,24,26). The minimum atomic E-state index is 0.942. The quantitative estimate of drug-likeness (QED) is 0.536. The molecule has 2 aromatic carbocycles. The van der Waals surface area contributed by atoms with E-state index >= 15 is 0 Å². The third kappa shape index (κ3) is 1.93. The van der Waals surface area contributed by atoms with Crippen LogP contribution in [0, 0.1) is 0 Å². The summed E-state index contributed by atoms with van der Waals surface area (Å²) in [7, 11) is 0. The monoisotopic (exact) mass is 338 g/mol. The maximum Gasteiger partial charge on any atom is 0.0745 e. The fraction of sp³-hybridized carbons (Fsp3) is 0.227. The van der Waals surface area contributed by atoms with Crippen LogP contribution in [-0.4, -0.2) is 21.4 Å². The molecule has 4 aromatic rings. The summed E-state index contributed by atoms with van der Waals surface area (Å²) >= 11 is 0. The minimum Gasteiger partial charge on any atom is -0.278 e. The Morgan fingerprint density at radius 2 is 1.88 bits per heavy atom. The van der Waals surface area contributed by atoms with E-state index in [1.165, 1.54) is 45.9 Å². The molecule has 0 atom stereocenters. The Morgan fingerprint density at radius 1 is 0.962 bits per heavy atom. The normalized spacial score (nSPS) is 15.5. The van der Waals surface area contributed by atoms with Crippen LogP contribution in [0.4, 0.5) is 5.69 Å². The van der Waals surface area contributed by atoms with Gasteiger partial charge in [-0.1, -0.05) is 12.1 Å². The van der Waals surface area contributed by atoms with Crippen molar-refractivity contribution in [1.82, 2.24) is 15.2 Å². The smallest absolute Gasteiger partial charge is 0.0745 e. The second kappa shape index (κ2) is 5.24. The van der Waals surface area contributed by atoms with Crippen LogP contribution in [0.3, 0.4) is 0 Å². The topological polar surface area (TPSA) is 53.9 Å². The van der Waals surface area contributed by atoms with Crippen LogP contribution in [-0.2, 0) is 19.3 Å². The van der Waals surface area contributed by atoms with Crippen molar-refractivity contribution in [1.29, 1.82) is 0 Å². The molecular formula is C22H18N4. The van der Waals surface area contributed by atoms with Gasteiger partial charge in [0.05, 0.1) is 28.6 Å². The predicted molar refractivity (Wildman–Crippen MR) is 105 cm³/mol. The molecule has 4 nitrogen and oxygen atoms in total. The highest BCUT2D eigenvalue weighted by atomic mass is 15.1. The number of nitrogens with one attached hydrogen (secondary N) is 1. The molecule has 2 aromatic heterocycles. The van der Waals surface area contributed by atoms with Crippen LogP contribution >= 0.6 is 0 Å². The minimum absolute atomic E-state index is 0.942. The second-order valence-corrected chi connectivity index (χ2v) is 7.27. The summed E-state index contributed by atoms with van der Waals surface area (Å²) in [6, 6.07) is 10.8. The Hall–Kier alpha value is -3.01. The fourth-order valence-corrected chi connectivity index (χ4v) is 4.53. The van der Waals surface area contributed by atoms with Gasteiger partial charge in [-0.3, -0.25) is 10.1 Å². The number of aromatic nitrogens is 3. The van der Waals surface area contributed by atoms with E-state index in [2.05, 4.69) is 45.5 Å². The molecule has 126 valence electrons. The SMILES string of the molecule is C1=Nc2cc(-c3nc4ccc5[nH]ncc5c4c4c3CCCC4)ccc2C1. The van der Waals surface area contributed by atoms with Gasteiger partial charge in [0, 0.05) is 29.0 Å². The number of benzene rings is 2. The van der Waals surface area contributed by atoms with Gasteiger partial charge >= 0.3 is 0 Å². The Kier molecular flexibility index (Phi) is 2.86. The lowest BCUT2D eigenvalue weighted by Crippen LogP contribution is -2.07. The van der Waals surface area contributed by atoms with Gasteiger partial charge < -0.3 is 0 Å². The zero-order chi connectivity index (χ0) is 17.1. The Labute approximate surface area is 151 Å². The van der Waals surface area contributed by atoms with E-state index in [1.807, 2.05) is 12.4 Å². The van der Waals surface area contributed by atoms with Crippen LogP contribution in [0.2, 0.25) is 0 Å². The van der Waals surface area contributed by atoms with Gasteiger partial charge in [-0.05, 0) is 60.6 Å². The number of pyridine rings is 1. The van der Waals surface area contributed by atoms with E-state index < -0.39 is 0 Å². The molecule has 0 saturated carbocycles. The Bertz CT molecular complexity index is 1220. The van der Waals surface area contributed by atoms with E-state index in [0.29, 0.717) is 0 Å². The molecule has 0 saturated heterocycles. The van der Waals surface area contributed by atoms with Crippen molar-refractivity contribution in [2.75, 3.05) is 0 Å². The first kappa shape index (κ1) is 14.2. The van der Waals surface area contributed by atoms with Gasteiger partial charge in [-0.2, -0.15) is 5.10 Å². The molecular weight excluding hydrogens is 320 g/mol. The van der Waals surface area contributed by atoms with Crippen molar-refractivity contribution >= 4 is 33.7 Å². The number of fused-ring (bicyclic) bond motifs is 6. The third-order valence-electron chi connectivity index (χ3n) is 5.79. The Morgan fingerprint density at radius 3 is 2.85 bits per heavy atom. The largest absolute Gasteiger partial charge is 0.278 e. The lowest BCUT2D eigenvalue weighted by atomic mass is 9.85. The number of hydrogen-bond acceptors (Lipinski definition) is 3. The zero-order valence-electron chi connectivity index (χ0n) is 14.4. The first-order valence-corrected chi connectivity index (χ1v) is 9.32. The van der Waals surface area contributed by atoms with Gasteiger partial charge in [-0.25, -0.2) is 4.98 Å². The van der Waals surface area contributed by atoms with Gasteiger partial charge in [0.25, 0.3) is 0 Å². The van der Waals surface area contributed by atoms with Crippen molar-refractivity contribution in [3.8, 4) is 11.3 Å². The molecule has 0 unspecified atom stereocenters. The average Bonchev–Trinajstić information content (AvgIpc) is 3.35. The molecule has 0 radical (unpaired) electrons. The molecule has 1 aliphatic heterocycles. The van der Waals surface area contributed by atoms with Gasteiger partial charge in [0.2, 0.25) is 0 Å². The Balaban J connectivity index is 1.69. The van der Waals surface area contributed by atoms with Crippen molar-refractivity contribution in [3.63, 3.8) is 0 Å². The van der Waals surface area contributed by atoms with E-state index in [-0.39, 0.29) is 0 Å². The van der Waals surface area contributed by atoms with Crippen LogP contribution in [0.1, 0.15) is 29.5 Å². The van der Waals surface area contributed by atoms with E-state index in [9.17, 15) is 0 Å². The fourth-order valence-electron chi connectivity index (χ4n) is 4.53. The summed E-state index contributed by atoms with van der Waals surface area (Å²) in [5.41, 5.74) is 9.77. The molecule has 3 heterocycles. The number of aryl methyl sites for hydroxylation is 1. The van der Waals surface area contributed by atoms with Crippen LogP contribution in [0.15, 0.2) is 41.5 Å². The third-order valence-corrected chi connectivity index (χ3v) is 5.79. The number of hydrogen-bond donors (Lipinski definition) is 1. The molecule has 0 amide bonds. The van der Waals surface area contributed by atoms with Gasteiger partial charge in [0.15, 0.2) is 0 Å². The van der Waals surface area contributed by atoms with E-state index in [0.717, 1.165) is 41.7 Å². The van der Waals surface area contributed by atoms with Crippen LogP contribution < -0.4 is 0 Å². The van der Waals surface area contributed by atoms with Crippen molar-refractivity contribution in [2.45, 2.75) is 32.1 Å². The summed E-state index contributed by atoms with van der Waals surface area (Å²) in [5.74, 6) is 0. The predicted octanol–water partition coefficient (Wildman–Crippen LogP) is 4.92. The molecule has 1 aliphatic carbocycles. The summed E-state index contributed by atoms with van der Waals surface area (Å²) in [6.07, 6.45) is 9.57. The van der Waals surface area contributed by atoms with E-state index in [4.69, 9.17) is 4.98 Å². The first-order chi connectivity index (χ1) is 12.9. The van der Waals surface area contributed by atoms with E-state index in [1.54, 1.807) is 0 Å². The van der Waals surface area contributed by atoms with Crippen molar-refractivity contribution in [2.24, 2.45) is 4.99 Å². The molecule has 26 heavy (non-hydrogen) atoms. The number of aromatic amines is 1. The van der Waals surface area contributed by atoms with Crippen molar-refractivity contribution in [3.05, 3.63) is 53.2 Å². The molecule has 0 spiro atoms. The molecule has 6 rings (SSSR count). The lowest BCUT2D eigenvalue weighted by molar-refractivity contribution is 0.689. The maximum absolute atomic E-state index is 5.12. The highest BCUT2D eigenvalue weighted by Crippen LogP contribution is 2.39. The summed E-state index contributed by atoms with van der Waals surface area (Å²) in [5, 5.41) is 9.83. The van der Waals surface area contributed by atoms with Crippen LogP contribution in [0.25, 0.3) is 33.1 Å². The highest BCUT2D eigenvalue weighted by Gasteiger charge is 2.21. The number of H-pyrrole nitrogens is 1. The first-order valence-electron chi connectivity index (χ1n) is 9.32. The highest BCUT2D eigenvalue weighted by molar-refractivity contribution is 6.07. The molecule has 4 heteroatoms. The van der Waals surface area contributed by atoms with Crippen LogP contribution in [0.5, 0.6) is 0 Å². The number of rotatable bonds is 1. The molecule has 0 fully saturated rings. The second-order valence-electron chi connectivity index (χ2n) is 7.27. The number of nitrogens with zero attached hydrogens (tertiary/aromatic N) is 3. The van der Waals surface area contributed by atoms with Crippen molar-refractivity contribution < 1.29 is 0 Å². The maximum atomic E-state index is 5.12. The number of aliphatic imine (C=N–C) groups is 1. The summed E-state index contributed by atoms with van der Waals surface area (Å²) in [4.78, 5) is 9.65. The lowest BCUT2D eigenvalue weighted by Gasteiger charge is -2.22. The zero-order valence-corrected chi connectivity index (χ0v) is 14.4. The van der Waals surface area contributed by atoms with Gasteiger partial charge in [-0.15, -0.1) is 0 Å². The van der Waals surface area contributed by atoms with Gasteiger partial charge in [0.1, 0.15) is 0 Å². The molecule has 0 bridgehead atoms. The molecule has 2 aliphatic rings. The summed E-state index contributed by atoms with van der Waals surface area (Å²) in [6.45, 7) is 0. The summed E-state index contributed by atoms with van der Waals surface area (Å²) < 4.78 is 0. The molecule has 1 N–H and O–H groups in total. The average molecular weight is 338 g/mol.